The number of H-pyrrole nitrogens is 1. The van der Waals surface area contributed by atoms with Gasteiger partial charge in [0.2, 0.25) is 0 Å². The van der Waals surface area contributed by atoms with E-state index in [2.05, 4.69) is 55.3 Å². The molecule has 3 rings (SSSR count). The molecule has 1 aromatic heterocycles. The van der Waals surface area contributed by atoms with Crippen molar-refractivity contribution in [2.75, 3.05) is 7.11 Å². The minimum Gasteiger partial charge on any atom is -0.491 e. The van der Waals surface area contributed by atoms with Crippen LogP contribution in [0.2, 0.25) is 0 Å². The first-order valence-electron chi connectivity index (χ1n) is 9.59. The summed E-state index contributed by atoms with van der Waals surface area (Å²) in [5.74, 6) is 0.357. The first kappa shape index (κ1) is 19.6. The minimum absolute atomic E-state index is 0.0421. The molecule has 0 radical (unpaired) electrons. The van der Waals surface area contributed by atoms with Crippen LogP contribution in [0.3, 0.4) is 0 Å². The topological polar surface area (TPSA) is 74.3 Å². The van der Waals surface area contributed by atoms with E-state index in [-0.39, 0.29) is 22.9 Å². The van der Waals surface area contributed by atoms with Gasteiger partial charge in [-0.2, -0.15) is 0 Å². The second kappa shape index (κ2) is 7.87. The van der Waals surface area contributed by atoms with Gasteiger partial charge >= 0.3 is 0 Å². The third-order valence-electron chi connectivity index (χ3n) is 5.41. The average molecular weight is 370 g/mol. The Bertz CT molecular complexity index is 821. The lowest BCUT2D eigenvalue weighted by Gasteiger charge is -2.24. The van der Waals surface area contributed by atoms with E-state index in [1.54, 1.807) is 6.07 Å². The van der Waals surface area contributed by atoms with Crippen LogP contribution < -0.4 is 15.6 Å². The van der Waals surface area contributed by atoms with Crippen LogP contribution in [0.15, 0.2) is 41.2 Å². The Labute approximate surface area is 160 Å². The van der Waals surface area contributed by atoms with Gasteiger partial charge in [0.05, 0.1) is 7.11 Å². The zero-order valence-electron chi connectivity index (χ0n) is 16.6. The highest BCUT2D eigenvalue weighted by Gasteiger charge is 2.27. The summed E-state index contributed by atoms with van der Waals surface area (Å²) in [5, 5.41) is 13.0. The quantitative estimate of drug-likeness (QED) is 0.755. The van der Waals surface area contributed by atoms with E-state index in [1.165, 1.54) is 12.7 Å². The summed E-state index contributed by atoms with van der Waals surface area (Å²) >= 11 is 0. The Morgan fingerprint density at radius 3 is 2.37 bits per heavy atom. The lowest BCUT2D eigenvalue weighted by atomic mass is 9.83. The molecule has 146 valence electrons. The number of aliphatic hydroxyl groups excluding tert-OH is 1. The van der Waals surface area contributed by atoms with E-state index in [9.17, 15) is 9.90 Å². The number of pyridine rings is 1. The predicted octanol–water partition coefficient (Wildman–Crippen LogP) is 3.27. The number of benzene rings is 1. The van der Waals surface area contributed by atoms with Crippen LogP contribution in [-0.4, -0.2) is 29.5 Å². The molecule has 1 aliphatic heterocycles. The molecule has 27 heavy (non-hydrogen) atoms. The maximum absolute atomic E-state index is 12.2. The second-order valence-corrected chi connectivity index (χ2v) is 8.43. The van der Waals surface area contributed by atoms with Crippen molar-refractivity contribution in [1.82, 2.24) is 10.3 Å². The second-order valence-electron chi connectivity index (χ2n) is 8.43. The van der Waals surface area contributed by atoms with Crippen molar-refractivity contribution >= 4 is 0 Å². The Hall–Kier alpha value is -2.11. The molecule has 1 aromatic carbocycles. The average Bonchev–Trinajstić information content (AvgIpc) is 3.04. The van der Waals surface area contributed by atoms with Crippen molar-refractivity contribution < 1.29 is 9.84 Å². The fraction of sp³-hybridized carbons (Fsp3) is 0.500. The number of nitrogens with one attached hydrogen (secondary N) is 2. The Kier molecular flexibility index (Phi) is 5.72. The van der Waals surface area contributed by atoms with Crippen molar-refractivity contribution in [3.05, 3.63) is 63.6 Å². The van der Waals surface area contributed by atoms with Gasteiger partial charge in [-0.3, -0.25) is 10.1 Å². The lowest BCUT2D eigenvalue weighted by molar-refractivity contribution is 0.153. The monoisotopic (exact) mass is 370 g/mol. The molecule has 0 spiro atoms. The molecule has 0 amide bonds. The number of rotatable bonds is 5. The molecule has 2 aromatic rings. The summed E-state index contributed by atoms with van der Waals surface area (Å²) in [4.78, 5) is 15.2. The van der Waals surface area contributed by atoms with Gasteiger partial charge in [0.25, 0.3) is 5.56 Å². The van der Waals surface area contributed by atoms with Crippen LogP contribution >= 0.6 is 0 Å². The highest BCUT2D eigenvalue weighted by molar-refractivity contribution is 5.35. The number of aromatic amines is 1. The molecule has 1 fully saturated rings. The summed E-state index contributed by atoms with van der Waals surface area (Å²) in [6, 6.07) is 12.5. The molecule has 1 aliphatic rings. The fourth-order valence-electron chi connectivity index (χ4n) is 3.77. The van der Waals surface area contributed by atoms with Gasteiger partial charge in [-0.1, -0.05) is 45.0 Å². The first-order valence-corrected chi connectivity index (χ1v) is 9.59. The highest BCUT2D eigenvalue weighted by atomic mass is 16.5. The lowest BCUT2D eigenvalue weighted by Crippen LogP contribution is -2.31. The largest absolute Gasteiger partial charge is 0.491 e. The van der Waals surface area contributed by atoms with Crippen LogP contribution in [0.4, 0.5) is 0 Å². The molecule has 3 N–H and O–H groups in total. The molecule has 5 nitrogen and oxygen atoms in total. The SMILES string of the molecule is COc1ccc(C(C[C@H]2CCC(O)N2)c2ccc(C(C)(C)C)cc2)[nH]c1=O. The van der Waals surface area contributed by atoms with Crippen LogP contribution in [0.25, 0.3) is 0 Å². The van der Waals surface area contributed by atoms with Crippen molar-refractivity contribution in [3.63, 3.8) is 0 Å². The van der Waals surface area contributed by atoms with Gasteiger partial charge in [0.15, 0.2) is 5.75 Å². The molecule has 0 bridgehead atoms. The van der Waals surface area contributed by atoms with Crippen molar-refractivity contribution in [2.24, 2.45) is 0 Å². The van der Waals surface area contributed by atoms with Gasteiger partial charge < -0.3 is 14.8 Å². The third-order valence-corrected chi connectivity index (χ3v) is 5.41. The van der Waals surface area contributed by atoms with Gasteiger partial charge in [-0.15, -0.1) is 0 Å². The molecule has 0 saturated carbocycles. The van der Waals surface area contributed by atoms with Crippen molar-refractivity contribution in [1.29, 1.82) is 0 Å². The zero-order valence-corrected chi connectivity index (χ0v) is 16.6. The van der Waals surface area contributed by atoms with E-state index in [0.717, 1.165) is 30.5 Å². The molecular weight excluding hydrogens is 340 g/mol. The number of aliphatic hydroxyl groups is 1. The normalized spacial score (nSPS) is 21.2. The van der Waals surface area contributed by atoms with Crippen LogP contribution in [0.5, 0.6) is 5.75 Å². The molecular formula is C22H30N2O3. The first-order chi connectivity index (χ1) is 12.8. The van der Waals surface area contributed by atoms with Crippen LogP contribution in [0, 0.1) is 0 Å². The summed E-state index contributed by atoms with van der Waals surface area (Å²) in [6.45, 7) is 6.60. The van der Waals surface area contributed by atoms with Crippen LogP contribution in [-0.2, 0) is 5.41 Å². The van der Waals surface area contributed by atoms with Gasteiger partial charge in [-0.25, -0.2) is 0 Å². The van der Waals surface area contributed by atoms with E-state index >= 15 is 0 Å². The minimum atomic E-state index is -0.436. The van der Waals surface area contributed by atoms with Crippen molar-refractivity contribution in [3.8, 4) is 5.75 Å². The fourth-order valence-corrected chi connectivity index (χ4v) is 3.77. The highest BCUT2D eigenvalue weighted by Crippen LogP contribution is 2.32. The van der Waals surface area contributed by atoms with E-state index < -0.39 is 6.23 Å². The zero-order chi connectivity index (χ0) is 19.6. The number of hydrogen-bond acceptors (Lipinski definition) is 4. The van der Waals surface area contributed by atoms with Gasteiger partial charge in [0, 0.05) is 17.7 Å². The maximum atomic E-state index is 12.2. The standard InChI is InChI=1S/C22H30N2O3/c1-22(2,3)15-7-5-14(6-8-15)17(13-16-9-12-20(25)23-16)18-10-11-19(27-4)21(26)24-18/h5-8,10-11,16-17,20,23,25H,9,12-13H2,1-4H3,(H,24,26)/t16-,17?,20?/m1/s1. The number of methoxy groups -OCH3 is 1. The maximum Gasteiger partial charge on any atom is 0.290 e. The molecule has 2 unspecified atom stereocenters. The number of hydrogen-bond donors (Lipinski definition) is 3. The summed E-state index contributed by atoms with van der Waals surface area (Å²) in [5.41, 5.74) is 3.19. The van der Waals surface area contributed by atoms with E-state index in [4.69, 9.17) is 4.74 Å². The van der Waals surface area contributed by atoms with E-state index in [1.807, 2.05) is 6.07 Å². The van der Waals surface area contributed by atoms with Gasteiger partial charge in [0.1, 0.15) is 6.23 Å². The molecule has 1 saturated heterocycles. The summed E-state index contributed by atoms with van der Waals surface area (Å²) in [7, 11) is 1.50. The third kappa shape index (κ3) is 4.60. The molecule has 3 atom stereocenters. The summed E-state index contributed by atoms with van der Waals surface area (Å²) < 4.78 is 5.10. The van der Waals surface area contributed by atoms with Crippen molar-refractivity contribution in [2.45, 2.75) is 63.6 Å². The number of ether oxygens (including phenoxy) is 1. The Morgan fingerprint density at radius 2 is 1.85 bits per heavy atom. The number of aromatic nitrogens is 1. The molecule has 0 aliphatic carbocycles. The summed E-state index contributed by atoms with van der Waals surface area (Å²) in [6.07, 6.45) is 2.07. The molecule has 5 heteroatoms. The Morgan fingerprint density at radius 1 is 1.15 bits per heavy atom. The van der Waals surface area contributed by atoms with E-state index in [0.29, 0.717) is 5.75 Å². The van der Waals surface area contributed by atoms with Gasteiger partial charge in [-0.05, 0) is 47.9 Å². The Balaban J connectivity index is 1.94. The molecule has 2 heterocycles. The smallest absolute Gasteiger partial charge is 0.290 e. The predicted molar refractivity (Wildman–Crippen MR) is 107 cm³/mol. The van der Waals surface area contributed by atoms with Crippen LogP contribution in [0.1, 0.15) is 62.8 Å².